The summed E-state index contributed by atoms with van der Waals surface area (Å²) in [7, 11) is 0. The summed E-state index contributed by atoms with van der Waals surface area (Å²) in [5.74, 6) is 0. The summed E-state index contributed by atoms with van der Waals surface area (Å²) in [4.78, 5) is 0. The van der Waals surface area contributed by atoms with Crippen LogP contribution in [0.3, 0.4) is 0 Å². The Morgan fingerprint density at radius 3 is 0.880 bits per heavy atom. The van der Waals surface area contributed by atoms with Crippen LogP contribution in [0.15, 0.2) is 97.1 Å². The van der Waals surface area contributed by atoms with Gasteiger partial charge < -0.3 is 77.1 Å². The summed E-state index contributed by atoms with van der Waals surface area (Å²) < 4.78 is 0. The molecule has 0 saturated carbocycles. The van der Waals surface area contributed by atoms with Gasteiger partial charge in [0, 0.05) is 43.4 Å². The van der Waals surface area contributed by atoms with Crippen LogP contribution < -0.4 is 0 Å². The fraction of sp³-hybridized carbons (Fsp3) is 0. The van der Waals surface area contributed by atoms with Crippen LogP contribution in [0, 0.1) is 24.3 Å². The van der Waals surface area contributed by atoms with Gasteiger partial charge in [-0.25, -0.2) is 24.3 Å². The smallest absolute Gasteiger partial charge is 0 e. The van der Waals surface area contributed by atoms with Gasteiger partial charge in [0.05, 0.1) is 0 Å². The minimum Gasteiger partial charge on any atom is -0.999 e. The maximum Gasteiger partial charge on any atom is 0 e. The van der Waals surface area contributed by atoms with E-state index in [1.807, 2.05) is 91.0 Å². The number of hydrogen-bond donors (Lipinski definition) is 0. The summed E-state index contributed by atoms with van der Waals surface area (Å²) >= 11 is 0. The molecule has 0 fully saturated rings. The third kappa shape index (κ3) is 27.8. The van der Waals surface area contributed by atoms with Crippen molar-refractivity contribution in [1.82, 2.24) is 0 Å². The summed E-state index contributed by atoms with van der Waals surface area (Å²) in [6, 6.07) is 42.0. The fourth-order valence-corrected chi connectivity index (χ4v) is 1.14. The van der Waals surface area contributed by atoms with E-state index in [1.165, 1.54) is 0 Å². The molecule has 3 nitrogen and oxygen atoms in total. The van der Waals surface area contributed by atoms with Crippen LogP contribution in [0.2, 0.25) is 0 Å². The van der Waals surface area contributed by atoms with E-state index in [-0.39, 0.29) is 59.9 Å². The van der Waals surface area contributed by atoms with E-state index in [1.54, 1.807) is 6.07 Å². The predicted octanol–water partition coefficient (Wildman–Crippen LogP) is 2.34. The van der Waals surface area contributed by atoms with Crippen molar-refractivity contribution in [3.05, 3.63) is 121 Å². The Hall–Kier alpha value is -1.29. The molecule has 0 bridgehead atoms. The normalized spacial score (nSPS) is 6.40. The quantitative estimate of drug-likeness (QED) is 0.317. The summed E-state index contributed by atoms with van der Waals surface area (Å²) in [5, 5.41) is 0. The van der Waals surface area contributed by atoms with Gasteiger partial charge in [0.15, 0.2) is 0 Å². The topological polar surface area (TPSA) is 94.5 Å². The molecule has 0 amide bonds. The van der Waals surface area contributed by atoms with Crippen molar-refractivity contribution in [2.45, 2.75) is 0 Å². The van der Waals surface area contributed by atoms with Gasteiger partial charge in [-0.3, -0.25) is 0 Å². The Morgan fingerprint density at radius 2 is 0.760 bits per heavy atom. The van der Waals surface area contributed by atoms with Gasteiger partial charge in [-0.15, -0.1) is 0 Å². The monoisotopic (exact) mass is 406 g/mol. The minimum atomic E-state index is 0. The van der Waals surface area contributed by atoms with E-state index in [2.05, 4.69) is 24.3 Å². The van der Waals surface area contributed by atoms with Gasteiger partial charge >= 0.3 is 0 Å². The zero-order valence-corrected chi connectivity index (χ0v) is 16.9. The van der Waals surface area contributed by atoms with E-state index >= 15 is 0 Å². The van der Waals surface area contributed by atoms with Crippen molar-refractivity contribution in [2.24, 2.45) is 0 Å². The van der Waals surface area contributed by atoms with Gasteiger partial charge in [-0.1, -0.05) is 0 Å². The largest absolute Gasteiger partial charge is 0.999 e. The molecule has 140 valence electrons. The van der Waals surface area contributed by atoms with Crippen LogP contribution >= 0.6 is 0 Å². The molecule has 0 aliphatic rings. The molecule has 0 aliphatic heterocycles. The molecule has 4 aromatic carbocycles. The molecule has 0 heterocycles. The number of hydrogen-bond acceptors (Lipinski definition) is 0. The summed E-state index contributed by atoms with van der Waals surface area (Å²) in [6.07, 6.45) is 0. The Morgan fingerprint density at radius 1 is 0.480 bits per heavy atom. The first-order valence-corrected chi connectivity index (χ1v) is 6.33. The van der Waals surface area contributed by atoms with E-state index in [9.17, 15) is 0 Å². The molecule has 0 atom stereocenters. The molecule has 4 aromatic rings. The van der Waals surface area contributed by atoms with Gasteiger partial charge in [-0.05, 0) is 0 Å². The predicted molar refractivity (Wildman–Crippen MR) is 94.3 cm³/mol. The van der Waals surface area contributed by atoms with E-state index < -0.39 is 0 Å². The third-order valence-corrected chi connectivity index (χ3v) is 2.02. The second kappa shape index (κ2) is 30.6. The first-order valence-electron chi connectivity index (χ1n) is 6.33. The van der Waals surface area contributed by atoms with Crippen molar-refractivity contribution in [1.29, 1.82) is 0 Å². The third-order valence-electron chi connectivity index (χ3n) is 2.02. The van der Waals surface area contributed by atoms with Crippen LogP contribution in [0.4, 0.5) is 0 Å². The molecule has 6 N–H and O–H groups in total. The van der Waals surface area contributed by atoms with Crippen molar-refractivity contribution in [3.8, 4) is 0 Å². The molecule has 25 heavy (non-hydrogen) atoms. The molecule has 0 spiro atoms. The molecule has 0 aromatic heterocycles. The molecular weight excluding hydrogens is 384 g/mol. The summed E-state index contributed by atoms with van der Waals surface area (Å²) in [5.41, 5.74) is 0. The van der Waals surface area contributed by atoms with Gasteiger partial charge in [0.1, 0.15) is 0 Å². The summed E-state index contributed by atoms with van der Waals surface area (Å²) in [6.45, 7) is 0. The van der Waals surface area contributed by atoms with E-state index in [4.69, 9.17) is 0 Å². The Kier molecular flexibility index (Phi) is 42.7. The molecule has 0 unspecified atom stereocenters. The maximum atomic E-state index is 2.62. The zero-order chi connectivity index (χ0) is 14.1. The van der Waals surface area contributed by atoms with Crippen molar-refractivity contribution >= 4 is 0 Å². The second-order valence-corrected chi connectivity index (χ2v) is 3.57. The van der Waals surface area contributed by atoms with Gasteiger partial charge in [-0.2, -0.15) is 36.4 Å². The van der Waals surface area contributed by atoms with Crippen LogP contribution in [0.25, 0.3) is 0 Å². The molecule has 5 heteroatoms. The van der Waals surface area contributed by atoms with E-state index in [0.29, 0.717) is 0 Å². The minimum absolute atomic E-state index is 0. The van der Waals surface area contributed by atoms with Crippen molar-refractivity contribution in [2.75, 3.05) is 0 Å². The number of rotatable bonds is 0. The first-order chi connectivity index (χ1) is 10.0. The van der Waals surface area contributed by atoms with Gasteiger partial charge in [0.25, 0.3) is 0 Å². The van der Waals surface area contributed by atoms with Crippen molar-refractivity contribution < 1.29 is 59.9 Å². The molecule has 0 saturated heterocycles. The van der Waals surface area contributed by atoms with Crippen LogP contribution in [-0.2, 0) is 43.4 Å². The Bertz CT molecular complexity index is 354. The van der Waals surface area contributed by atoms with Crippen molar-refractivity contribution in [3.63, 3.8) is 0 Å². The molecule has 0 radical (unpaired) electrons. The first kappa shape index (κ1) is 34.9. The maximum absolute atomic E-state index is 2.62. The van der Waals surface area contributed by atoms with E-state index in [0.717, 1.165) is 0 Å². The SMILES string of the molecule is O.O.O.[Ti].[Ti].[c-]1[c-][c-][cH-][c-]1.[cH-]1[cH-][cH-][cH-][cH-]1.c1cc[cH-]c1.c1cc[cH-]c1. The van der Waals surface area contributed by atoms with Crippen LogP contribution in [0.1, 0.15) is 0 Å². The van der Waals surface area contributed by atoms with Crippen LogP contribution in [0.5, 0.6) is 0 Å². The molecular formula is C20H22O3Ti2-12. The Balaban J connectivity index is -0.0000000667. The second-order valence-electron chi connectivity index (χ2n) is 3.57. The van der Waals surface area contributed by atoms with Crippen LogP contribution in [-0.4, -0.2) is 16.4 Å². The molecule has 4 rings (SSSR count). The molecule has 0 aliphatic carbocycles. The van der Waals surface area contributed by atoms with Gasteiger partial charge in [0.2, 0.25) is 0 Å². The standard InChI is InChI=1S/3C5H5.C5H.3H2O.2Ti/c4*1-2-4-5-3-1;;;;;/h3*1-5H;1H;3*1H2;;/q-5;2*-1;-5;;;;;. The average Bonchev–Trinajstić information content (AvgIpc) is 3.40. The average molecular weight is 406 g/mol. The fourth-order valence-electron chi connectivity index (χ4n) is 1.14. The Labute approximate surface area is 180 Å². The zero-order valence-electron chi connectivity index (χ0n) is 13.7.